The quantitative estimate of drug-likeness (QED) is 0.729. The molecule has 0 spiro atoms. The minimum atomic E-state index is 0.155. The molecule has 0 unspecified atom stereocenters. The maximum absolute atomic E-state index is 9.84. The minimum Gasteiger partial charge on any atom is -0.506 e. The molecule has 0 aromatic heterocycles. The van der Waals surface area contributed by atoms with Crippen LogP contribution in [-0.2, 0) is 0 Å². The van der Waals surface area contributed by atoms with Gasteiger partial charge >= 0.3 is 0 Å². The molecule has 0 aliphatic rings. The van der Waals surface area contributed by atoms with E-state index in [0.717, 1.165) is 11.3 Å². The molecule has 20 heavy (non-hydrogen) atoms. The molecule has 2 aromatic rings. The summed E-state index contributed by atoms with van der Waals surface area (Å²) in [6.45, 7) is 8.33. The van der Waals surface area contributed by atoms with Gasteiger partial charge in [0, 0.05) is 0 Å². The van der Waals surface area contributed by atoms with Crippen molar-refractivity contribution >= 4 is 11.4 Å². The zero-order chi connectivity index (χ0) is 14.7. The number of phenols is 1. The van der Waals surface area contributed by atoms with Gasteiger partial charge in [-0.1, -0.05) is 26.0 Å². The third-order valence-corrected chi connectivity index (χ3v) is 3.43. The number of aryl methyl sites for hydroxylation is 2. The Bertz CT molecular complexity index is 645. The maximum Gasteiger partial charge on any atom is 0.143 e. The summed E-state index contributed by atoms with van der Waals surface area (Å²) in [5.41, 5.74) is 4.85. The Morgan fingerprint density at radius 2 is 1.65 bits per heavy atom. The fourth-order valence-corrected chi connectivity index (χ4v) is 1.88. The molecule has 0 radical (unpaired) electrons. The molecule has 0 saturated carbocycles. The lowest BCUT2D eigenvalue weighted by atomic mass is 10.0. The number of hydrogen-bond donors (Lipinski definition) is 1. The Morgan fingerprint density at radius 3 is 2.30 bits per heavy atom. The molecule has 0 saturated heterocycles. The Kier molecular flexibility index (Phi) is 4.18. The van der Waals surface area contributed by atoms with E-state index in [1.807, 2.05) is 37.3 Å². The molecule has 1 N–H and O–H groups in total. The van der Waals surface area contributed by atoms with Crippen LogP contribution in [0, 0.1) is 13.8 Å². The lowest BCUT2D eigenvalue weighted by Crippen LogP contribution is -1.85. The van der Waals surface area contributed by atoms with E-state index in [2.05, 4.69) is 31.0 Å². The van der Waals surface area contributed by atoms with Gasteiger partial charge in [0.25, 0.3) is 0 Å². The zero-order valence-electron chi connectivity index (χ0n) is 12.4. The van der Waals surface area contributed by atoms with Gasteiger partial charge in [-0.3, -0.25) is 0 Å². The molecule has 104 valence electrons. The predicted octanol–water partition coefficient (Wildman–Crippen LogP) is 5.55. The number of azo groups is 1. The van der Waals surface area contributed by atoms with Crippen LogP contribution in [0.5, 0.6) is 5.75 Å². The molecular weight excluding hydrogens is 248 g/mol. The summed E-state index contributed by atoms with van der Waals surface area (Å²) >= 11 is 0. The van der Waals surface area contributed by atoms with Crippen LogP contribution in [-0.4, -0.2) is 5.11 Å². The number of aromatic hydroxyl groups is 1. The summed E-state index contributed by atoms with van der Waals surface area (Å²) in [5, 5.41) is 18.2. The molecule has 0 bridgehead atoms. The van der Waals surface area contributed by atoms with Gasteiger partial charge in [0.2, 0.25) is 0 Å². The molecule has 2 rings (SSSR count). The Balaban J connectivity index is 2.30. The third-order valence-electron chi connectivity index (χ3n) is 3.43. The smallest absolute Gasteiger partial charge is 0.143 e. The molecule has 0 aliphatic heterocycles. The van der Waals surface area contributed by atoms with Crippen LogP contribution in [0.3, 0.4) is 0 Å². The van der Waals surface area contributed by atoms with Crippen molar-refractivity contribution in [3.8, 4) is 5.75 Å². The molecule has 0 amide bonds. The van der Waals surface area contributed by atoms with Gasteiger partial charge in [0.05, 0.1) is 5.69 Å². The van der Waals surface area contributed by atoms with Crippen molar-refractivity contribution < 1.29 is 5.11 Å². The molecular formula is C17H20N2O. The van der Waals surface area contributed by atoms with E-state index in [0.29, 0.717) is 11.6 Å². The van der Waals surface area contributed by atoms with Crippen LogP contribution in [0.1, 0.15) is 36.5 Å². The first-order chi connectivity index (χ1) is 9.47. The molecule has 0 heterocycles. The van der Waals surface area contributed by atoms with Gasteiger partial charge in [-0.2, -0.15) is 5.11 Å². The molecule has 3 nitrogen and oxygen atoms in total. The van der Waals surface area contributed by atoms with Gasteiger partial charge in [-0.25, -0.2) is 0 Å². The molecule has 0 aliphatic carbocycles. The van der Waals surface area contributed by atoms with Crippen LogP contribution in [0.25, 0.3) is 0 Å². The summed E-state index contributed by atoms with van der Waals surface area (Å²) in [7, 11) is 0. The van der Waals surface area contributed by atoms with Crippen LogP contribution < -0.4 is 0 Å². The van der Waals surface area contributed by atoms with Crippen molar-refractivity contribution in [3.63, 3.8) is 0 Å². The first-order valence-electron chi connectivity index (χ1n) is 6.79. The van der Waals surface area contributed by atoms with Gasteiger partial charge in [0.15, 0.2) is 0 Å². The summed E-state index contributed by atoms with van der Waals surface area (Å²) < 4.78 is 0. The second-order valence-electron chi connectivity index (χ2n) is 5.37. The first kappa shape index (κ1) is 14.3. The van der Waals surface area contributed by atoms with E-state index in [-0.39, 0.29) is 5.75 Å². The van der Waals surface area contributed by atoms with E-state index in [1.54, 1.807) is 6.07 Å². The minimum absolute atomic E-state index is 0.155. The largest absolute Gasteiger partial charge is 0.506 e. The van der Waals surface area contributed by atoms with Crippen LogP contribution in [0.15, 0.2) is 46.6 Å². The highest BCUT2D eigenvalue weighted by atomic mass is 16.3. The Morgan fingerprint density at radius 1 is 0.900 bits per heavy atom. The van der Waals surface area contributed by atoms with E-state index in [9.17, 15) is 5.11 Å². The molecule has 3 heteroatoms. The second-order valence-corrected chi connectivity index (χ2v) is 5.37. The lowest BCUT2D eigenvalue weighted by molar-refractivity contribution is 0.476. The van der Waals surface area contributed by atoms with Gasteiger partial charge < -0.3 is 5.11 Å². The van der Waals surface area contributed by atoms with E-state index in [1.165, 1.54) is 11.1 Å². The van der Waals surface area contributed by atoms with E-state index < -0.39 is 0 Å². The van der Waals surface area contributed by atoms with Crippen molar-refractivity contribution in [3.05, 3.63) is 53.1 Å². The van der Waals surface area contributed by atoms with Crippen LogP contribution >= 0.6 is 0 Å². The number of hydrogen-bond acceptors (Lipinski definition) is 3. The van der Waals surface area contributed by atoms with Crippen molar-refractivity contribution in [2.24, 2.45) is 10.2 Å². The van der Waals surface area contributed by atoms with Gasteiger partial charge in [-0.15, -0.1) is 5.11 Å². The Labute approximate surface area is 120 Å². The van der Waals surface area contributed by atoms with Crippen molar-refractivity contribution in [1.82, 2.24) is 0 Å². The second kappa shape index (κ2) is 5.87. The van der Waals surface area contributed by atoms with Crippen molar-refractivity contribution in [2.45, 2.75) is 33.6 Å². The summed E-state index contributed by atoms with van der Waals surface area (Å²) in [4.78, 5) is 0. The van der Waals surface area contributed by atoms with Crippen LogP contribution in [0.4, 0.5) is 11.4 Å². The maximum atomic E-state index is 9.84. The normalized spacial score (nSPS) is 11.4. The summed E-state index contributed by atoms with van der Waals surface area (Å²) in [6.07, 6.45) is 0. The predicted molar refractivity (Wildman–Crippen MR) is 82.3 cm³/mol. The fraction of sp³-hybridized carbons (Fsp3) is 0.294. The Hall–Kier alpha value is -2.16. The monoisotopic (exact) mass is 268 g/mol. The number of phenolic OH excluding ortho intramolecular Hbond substituents is 1. The van der Waals surface area contributed by atoms with E-state index in [4.69, 9.17) is 0 Å². The molecule has 2 aromatic carbocycles. The van der Waals surface area contributed by atoms with E-state index >= 15 is 0 Å². The average Bonchev–Trinajstić information content (AvgIpc) is 2.41. The lowest BCUT2D eigenvalue weighted by Gasteiger charge is -2.06. The summed E-state index contributed by atoms with van der Waals surface area (Å²) in [6, 6.07) is 11.4. The average molecular weight is 268 g/mol. The highest BCUT2D eigenvalue weighted by Crippen LogP contribution is 2.31. The first-order valence-corrected chi connectivity index (χ1v) is 6.79. The summed E-state index contributed by atoms with van der Waals surface area (Å²) in [5.74, 6) is 0.549. The third kappa shape index (κ3) is 3.23. The SMILES string of the molecule is Cc1ccc(N=Nc2cc(C(C)C)ccc2O)cc1C. The van der Waals surface area contributed by atoms with Crippen molar-refractivity contribution in [1.29, 1.82) is 0 Å². The highest BCUT2D eigenvalue weighted by molar-refractivity contribution is 5.53. The molecule has 0 atom stereocenters. The molecule has 0 fully saturated rings. The number of rotatable bonds is 3. The van der Waals surface area contributed by atoms with Gasteiger partial charge in [0.1, 0.15) is 11.4 Å². The van der Waals surface area contributed by atoms with Crippen molar-refractivity contribution in [2.75, 3.05) is 0 Å². The number of nitrogens with zero attached hydrogens (tertiary/aromatic N) is 2. The van der Waals surface area contributed by atoms with Crippen LogP contribution in [0.2, 0.25) is 0 Å². The topological polar surface area (TPSA) is 45.0 Å². The number of benzene rings is 2. The zero-order valence-corrected chi connectivity index (χ0v) is 12.4. The standard InChI is InChI=1S/C17H20N2O/c1-11(2)14-6-8-17(20)16(10-14)19-18-15-7-5-12(3)13(4)9-15/h5-11,20H,1-4H3. The highest BCUT2D eigenvalue weighted by Gasteiger charge is 2.05. The fourth-order valence-electron chi connectivity index (χ4n) is 1.88. The van der Waals surface area contributed by atoms with Gasteiger partial charge in [-0.05, 0) is 60.7 Å².